The Kier molecular flexibility index (Phi) is 4.44. The predicted molar refractivity (Wildman–Crippen MR) is 72.9 cm³/mol. The smallest absolute Gasteiger partial charge is 0.358 e. The molecule has 1 atom stereocenters. The Morgan fingerprint density at radius 3 is 2.80 bits per heavy atom. The number of aliphatic hydroxyl groups excluding tert-OH is 1. The van der Waals surface area contributed by atoms with Crippen molar-refractivity contribution in [3.63, 3.8) is 0 Å². The Bertz CT molecular complexity index is 618. The van der Waals surface area contributed by atoms with E-state index in [0.29, 0.717) is 16.6 Å². The predicted octanol–water partition coefficient (Wildman–Crippen LogP) is 0.747. The number of anilines is 1. The van der Waals surface area contributed by atoms with E-state index in [2.05, 4.69) is 15.5 Å². The van der Waals surface area contributed by atoms with Crippen molar-refractivity contribution in [2.75, 3.05) is 25.6 Å². The summed E-state index contributed by atoms with van der Waals surface area (Å²) in [4.78, 5) is 11.3. The van der Waals surface area contributed by atoms with Crippen molar-refractivity contribution < 1.29 is 19.7 Å². The first kappa shape index (κ1) is 14.2. The van der Waals surface area contributed by atoms with Gasteiger partial charge in [-0.05, 0) is 6.07 Å². The summed E-state index contributed by atoms with van der Waals surface area (Å²) in [6.45, 7) is 0.0513. The van der Waals surface area contributed by atoms with Crippen LogP contribution in [0.25, 0.3) is 10.9 Å². The van der Waals surface area contributed by atoms with E-state index in [4.69, 9.17) is 4.74 Å². The van der Waals surface area contributed by atoms with E-state index in [1.54, 1.807) is 24.3 Å². The molecule has 7 heteroatoms. The van der Waals surface area contributed by atoms with Gasteiger partial charge in [0, 0.05) is 12.5 Å². The number of rotatable bonds is 6. The minimum absolute atomic E-state index is 0.182. The van der Waals surface area contributed by atoms with Crippen molar-refractivity contribution in [3.05, 3.63) is 30.0 Å². The summed E-state index contributed by atoms with van der Waals surface area (Å²) in [5.41, 5.74) is 0.728. The minimum atomic E-state index is -1.18. The number of carboxylic acid groups (broad SMARTS) is 1. The van der Waals surface area contributed by atoms with Gasteiger partial charge in [-0.1, -0.05) is 18.2 Å². The molecule has 0 spiro atoms. The van der Waals surface area contributed by atoms with Crippen LogP contribution in [0.4, 0.5) is 5.69 Å². The van der Waals surface area contributed by atoms with E-state index in [1.807, 2.05) is 0 Å². The van der Waals surface area contributed by atoms with Gasteiger partial charge in [-0.3, -0.25) is 0 Å². The van der Waals surface area contributed by atoms with Crippen molar-refractivity contribution in [3.8, 4) is 0 Å². The molecule has 1 aromatic carbocycles. The van der Waals surface area contributed by atoms with Crippen LogP contribution in [-0.2, 0) is 4.74 Å². The molecule has 1 heterocycles. The van der Waals surface area contributed by atoms with Crippen LogP contribution >= 0.6 is 0 Å². The first-order valence-corrected chi connectivity index (χ1v) is 6.02. The molecule has 1 unspecified atom stereocenters. The second-order valence-electron chi connectivity index (χ2n) is 4.23. The zero-order chi connectivity index (χ0) is 14.5. The number of fused-ring (bicyclic) bond motifs is 1. The average Bonchev–Trinajstić information content (AvgIpc) is 2.46. The number of carbonyl (C=O) groups is 1. The Balaban J connectivity index is 2.51. The highest BCUT2D eigenvalue weighted by Crippen LogP contribution is 2.25. The van der Waals surface area contributed by atoms with E-state index in [0.717, 1.165) is 0 Å². The maximum atomic E-state index is 11.3. The molecule has 20 heavy (non-hydrogen) atoms. The Morgan fingerprint density at radius 1 is 1.40 bits per heavy atom. The molecule has 0 aliphatic heterocycles. The number of aromatic nitrogens is 2. The lowest BCUT2D eigenvalue weighted by Gasteiger charge is -2.18. The first-order chi connectivity index (χ1) is 9.67. The van der Waals surface area contributed by atoms with Crippen molar-refractivity contribution >= 4 is 22.6 Å². The van der Waals surface area contributed by atoms with Crippen LogP contribution in [0.1, 0.15) is 10.5 Å². The lowest BCUT2D eigenvalue weighted by atomic mass is 10.1. The number of carboxylic acids is 1. The number of aliphatic hydroxyl groups is 1. The van der Waals surface area contributed by atoms with Crippen LogP contribution in [0.3, 0.4) is 0 Å². The summed E-state index contributed by atoms with van der Waals surface area (Å²) >= 11 is 0. The van der Waals surface area contributed by atoms with Gasteiger partial charge in [0.2, 0.25) is 0 Å². The molecule has 0 fully saturated rings. The summed E-state index contributed by atoms with van der Waals surface area (Å²) in [7, 11) is 1.51. The lowest BCUT2D eigenvalue weighted by Crippen LogP contribution is -2.30. The monoisotopic (exact) mass is 277 g/mol. The highest BCUT2D eigenvalue weighted by atomic mass is 16.5. The molecule has 0 saturated carbocycles. The summed E-state index contributed by atoms with van der Waals surface area (Å²) in [5.74, 6) is -1.18. The van der Waals surface area contributed by atoms with Gasteiger partial charge in [0.15, 0.2) is 5.69 Å². The molecule has 3 N–H and O–H groups in total. The number of hydrogen-bond donors (Lipinski definition) is 3. The molecule has 106 valence electrons. The molecule has 0 bridgehead atoms. The number of ether oxygens (including phenoxy) is 1. The molecular formula is C13H15N3O4. The van der Waals surface area contributed by atoms with Gasteiger partial charge in [0.1, 0.15) is 0 Å². The maximum absolute atomic E-state index is 11.3. The standard InChI is InChI=1S/C13H15N3O4/c1-20-7-8(6-17)14-11-9-4-2-3-5-10(9)15-16-12(11)13(18)19/h2-5,8,17H,6-7H2,1H3,(H,14,15)(H,18,19). The first-order valence-electron chi connectivity index (χ1n) is 6.02. The molecule has 1 aromatic heterocycles. The zero-order valence-corrected chi connectivity index (χ0v) is 10.9. The van der Waals surface area contributed by atoms with Crippen LogP contribution in [0.2, 0.25) is 0 Å². The highest BCUT2D eigenvalue weighted by Gasteiger charge is 2.19. The average molecular weight is 277 g/mol. The van der Waals surface area contributed by atoms with Crippen molar-refractivity contribution in [1.82, 2.24) is 10.2 Å². The fourth-order valence-corrected chi connectivity index (χ4v) is 1.89. The normalized spacial score (nSPS) is 12.3. The number of nitrogens with one attached hydrogen (secondary N) is 1. The molecular weight excluding hydrogens is 262 g/mol. The molecule has 0 aliphatic rings. The molecule has 0 amide bonds. The number of nitrogens with zero attached hydrogens (tertiary/aromatic N) is 2. The Morgan fingerprint density at radius 2 is 2.15 bits per heavy atom. The van der Waals surface area contributed by atoms with E-state index in [1.165, 1.54) is 7.11 Å². The zero-order valence-electron chi connectivity index (χ0n) is 10.9. The van der Waals surface area contributed by atoms with E-state index >= 15 is 0 Å². The van der Waals surface area contributed by atoms with E-state index < -0.39 is 12.0 Å². The van der Waals surface area contributed by atoms with Crippen molar-refractivity contribution in [2.24, 2.45) is 0 Å². The van der Waals surface area contributed by atoms with E-state index in [-0.39, 0.29) is 18.9 Å². The molecule has 2 aromatic rings. The second-order valence-corrected chi connectivity index (χ2v) is 4.23. The van der Waals surface area contributed by atoms with Gasteiger partial charge in [-0.15, -0.1) is 10.2 Å². The summed E-state index contributed by atoms with van der Waals surface area (Å²) < 4.78 is 4.97. The van der Waals surface area contributed by atoms with Crippen LogP contribution in [-0.4, -0.2) is 52.7 Å². The number of benzene rings is 1. The fraction of sp³-hybridized carbons (Fsp3) is 0.308. The Labute approximate surface area is 115 Å². The van der Waals surface area contributed by atoms with Crippen LogP contribution in [0, 0.1) is 0 Å². The van der Waals surface area contributed by atoms with Crippen LogP contribution < -0.4 is 5.32 Å². The largest absolute Gasteiger partial charge is 0.476 e. The quantitative estimate of drug-likeness (QED) is 0.715. The second kappa shape index (κ2) is 6.27. The van der Waals surface area contributed by atoms with Crippen LogP contribution in [0.15, 0.2) is 24.3 Å². The Hall–Kier alpha value is -2.25. The van der Waals surface area contributed by atoms with Gasteiger partial charge in [0.05, 0.1) is 30.5 Å². The van der Waals surface area contributed by atoms with Gasteiger partial charge in [0.25, 0.3) is 0 Å². The molecule has 2 rings (SSSR count). The third-order valence-corrected chi connectivity index (χ3v) is 2.81. The van der Waals surface area contributed by atoms with E-state index in [9.17, 15) is 15.0 Å². The topological polar surface area (TPSA) is 105 Å². The summed E-state index contributed by atoms with van der Waals surface area (Å²) in [6, 6.07) is 6.64. The summed E-state index contributed by atoms with van der Waals surface area (Å²) in [6.07, 6.45) is 0. The molecule has 0 saturated heterocycles. The van der Waals surface area contributed by atoms with Crippen LogP contribution in [0.5, 0.6) is 0 Å². The third kappa shape index (κ3) is 2.84. The summed E-state index contributed by atoms with van der Waals surface area (Å²) in [5, 5.41) is 29.7. The van der Waals surface area contributed by atoms with Crippen molar-refractivity contribution in [1.29, 1.82) is 0 Å². The molecule has 0 radical (unpaired) electrons. The third-order valence-electron chi connectivity index (χ3n) is 2.81. The van der Waals surface area contributed by atoms with Crippen molar-refractivity contribution in [2.45, 2.75) is 6.04 Å². The van der Waals surface area contributed by atoms with Gasteiger partial charge in [-0.2, -0.15) is 0 Å². The van der Waals surface area contributed by atoms with Gasteiger partial charge >= 0.3 is 5.97 Å². The maximum Gasteiger partial charge on any atom is 0.358 e. The fourth-order valence-electron chi connectivity index (χ4n) is 1.89. The van der Waals surface area contributed by atoms with Gasteiger partial charge in [-0.25, -0.2) is 4.79 Å². The highest BCUT2D eigenvalue weighted by molar-refractivity contribution is 6.02. The van der Waals surface area contributed by atoms with Gasteiger partial charge < -0.3 is 20.3 Å². The lowest BCUT2D eigenvalue weighted by molar-refractivity contribution is 0.0690. The molecule has 0 aliphatic carbocycles. The minimum Gasteiger partial charge on any atom is -0.476 e. The number of methoxy groups -OCH3 is 1. The number of aromatic carboxylic acids is 1. The number of hydrogen-bond acceptors (Lipinski definition) is 6. The molecule has 7 nitrogen and oxygen atoms in total. The SMILES string of the molecule is COCC(CO)Nc1c(C(=O)O)nnc2ccccc12.